The van der Waals surface area contributed by atoms with Gasteiger partial charge in [0.2, 0.25) is 0 Å². The first kappa shape index (κ1) is 14.7. The van der Waals surface area contributed by atoms with E-state index in [2.05, 4.69) is 31.5 Å². The molecule has 6 heteroatoms. The molecule has 110 valence electrons. The summed E-state index contributed by atoms with van der Waals surface area (Å²) in [7, 11) is 0. The van der Waals surface area contributed by atoms with Gasteiger partial charge < -0.3 is 5.32 Å². The third-order valence-electron chi connectivity index (χ3n) is 2.91. The van der Waals surface area contributed by atoms with E-state index in [1.165, 1.54) is 11.3 Å². The first-order chi connectivity index (χ1) is 10.7. The van der Waals surface area contributed by atoms with Gasteiger partial charge in [-0.15, -0.1) is 11.3 Å². The molecule has 0 aliphatic rings. The maximum Gasteiger partial charge on any atom is 0.325 e. The SMILES string of the molecule is O=C(Nc1ccccc1)Nc1nc(-c2ccccc2Br)cs1. The van der Waals surface area contributed by atoms with Crippen molar-refractivity contribution in [3.8, 4) is 11.3 Å². The lowest BCUT2D eigenvalue weighted by Gasteiger charge is -2.04. The van der Waals surface area contributed by atoms with Gasteiger partial charge in [-0.2, -0.15) is 0 Å². The molecule has 0 unspecified atom stereocenters. The second-order valence-corrected chi connectivity index (χ2v) is 6.18. The topological polar surface area (TPSA) is 54.0 Å². The Morgan fingerprint density at radius 3 is 2.50 bits per heavy atom. The van der Waals surface area contributed by atoms with E-state index in [1.807, 2.05) is 60.0 Å². The predicted molar refractivity (Wildman–Crippen MR) is 94.3 cm³/mol. The average molecular weight is 374 g/mol. The van der Waals surface area contributed by atoms with E-state index < -0.39 is 0 Å². The summed E-state index contributed by atoms with van der Waals surface area (Å²) in [5.74, 6) is 0. The van der Waals surface area contributed by atoms with Gasteiger partial charge in [0.15, 0.2) is 5.13 Å². The highest BCUT2D eigenvalue weighted by molar-refractivity contribution is 9.10. The van der Waals surface area contributed by atoms with E-state index in [-0.39, 0.29) is 6.03 Å². The number of hydrogen-bond donors (Lipinski definition) is 2. The second-order valence-electron chi connectivity index (χ2n) is 4.46. The van der Waals surface area contributed by atoms with Crippen molar-refractivity contribution in [3.05, 3.63) is 64.5 Å². The third-order valence-corrected chi connectivity index (χ3v) is 4.36. The van der Waals surface area contributed by atoms with Crippen molar-refractivity contribution < 1.29 is 4.79 Å². The van der Waals surface area contributed by atoms with Gasteiger partial charge in [0.25, 0.3) is 0 Å². The summed E-state index contributed by atoms with van der Waals surface area (Å²) in [6.07, 6.45) is 0. The van der Waals surface area contributed by atoms with E-state index in [9.17, 15) is 4.79 Å². The molecule has 2 aromatic carbocycles. The minimum Gasteiger partial charge on any atom is -0.308 e. The van der Waals surface area contributed by atoms with Crippen molar-refractivity contribution in [2.75, 3.05) is 10.6 Å². The first-order valence-electron chi connectivity index (χ1n) is 6.56. The van der Waals surface area contributed by atoms with Crippen LogP contribution in [0, 0.1) is 0 Å². The number of para-hydroxylation sites is 1. The lowest BCUT2D eigenvalue weighted by atomic mass is 10.2. The molecule has 1 heterocycles. The van der Waals surface area contributed by atoms with Gasteiger partial charge in [-0.25, -0.2) is 9.78 Å². The fraction of sp³-hybridized carbons (Fsp3) is 0. The molecule has 3 aromatic rings. The number of amides is 2. The number of halogens is 1. The normalized spacial score (nSPS) is 10.2. The zero-order chi connectivity index (χ0) is 15.4. The Balaban J connectivity index is 1.70. The van der Waals surface area contributed by atoms with Crippen LogP contribution < -0.4 is 10.6 Å². The number of carbonyl (C=O) groups is 1. The Morgan fingerprint density at radius 1 is 1.00 bits per heavy atom. The van der Waals surface area contributed by atoms with Crippen LogP contribution >= 0.6 is 27.3 Å². The lowest BCUT2D eigenvalue weighted by molar-refractivity contribution is 0.262. The van der Waals surface area contributed by atoms with Crippen molar-refractivity contribution >= 4 is 44.1 Å². The number of benzene rings is 2. The molecule has 0 fully saturated rings. The van der Waals surface area contributed by atoms with Crippen molar-refractivity contribution in [2.45, 2.75) is 0 Å². The minimum absolute atomic E-state index is 0.306. The molecule has 3 rings (SSSR count). The van der Waals surface area contributed by atoms with Crippen LogP contribution in [0.5, 0.6) is 0 Å². The van der Waals surface area contributed by atoms with Crippen molar-refractivity contribution in [1.29, 1.82) is 0 Å². The molecule has 0 bridgehead atoms. The van der Waals surface area contributed by atoms with Gasteiger partial charge in [0.05, 0.1) is 5.69 Å². The zero-order valence-electron chi connectivity index (χ0n) is 11.4. The Bertz CT molecular complexity index is 789. The second kappa shape index (κ2) is 6.72. The number of nitrogens with one attached hydrogen (secondary N) is 2. The largest absolute Gasteiger partial charge is 0.325 e. The van der Waals surface area contributed by atoms with Crippen LogP contribution in [0.1, 0.15) is 0 Å². The molecule has 4 nitrogen and oxygen atoms in total. The van der Waals surface area contributed by atoms with Crippen LogP contribution in [-0.4, -0.2) is 11.0 Å². The molecule has 22 heavy (non-hydrogen) atoms. The molecule has 2 amide bonds. The Hall–Kier alpha value is -2.18. The van der Waals surface area contributed by atoms with Gasteiger partial charge in [0, 0.05) is 21.1 Å². The minimum atomic E-state index is -0.306. The van der Waals surface area contributed by atoms with Crippen molar-refractivity contribution in [3.63, 3.8) is 0 Å². The molecular formula is C16H12BrN3OS. The van der Waals surface area contributed by atoms with Crippen molar-refractivity contribution in [2.24, 2.45) is 0 Å². The molecule has 0 radical (unpaired) electrons. The number of nitrogens with zero attached hydrogens (tertiary/aromatic N) is 1. The highest BCUT2D eigenvalue weighted by Gasteiger charge is 2.09. The summed E-state index contributed by atoms with van der Waals surface area (Å²) >= 11 is 4.89. The van der Waals surface area contributed by atoms with Crippen LogP contribution in [-0.2, 0) is 0 Å². The predicted octanol–water partition coefficient (Wildman–Crippen LogP) is 5.22. The van der Waals surface area contributed by atoms with E-state index >= 15 is 0 Å². The maximum atomic E-state index is 11.9. The van der Waals surface area contributed by atoms with E-state index in [0.29, 0.717) is 5.13 Å². The maximum absolute atomic E-state index is 11.9. The molecule has 0 aliphatic heterocycles. The molecule has 0 spiro atoms. The lowest BCUT2D eigenvalue weighted by Crippen LogP contribution is -2.19. The molecule has 0 atom stereocenters. The number of urea groups is 1. The van der Waals surface area contributed by atoms with Crippen LogP contribution in [0.4, 0.5) is 15.6 Å². The highest BCUT2D eigenvalue weighted by atomic mass is 79.9. The van der Waals surface area contributed by atoms with Gasteiger partial charge in [0.1, 0.15) is 0 Å². The summed E-state index contributed by atoms with van der Waals surface area (Å²) < 4.78 is 0.973. The summed E-state index contributed by atoms with van der Waals surface area (Å²) in [5, 5.41) is 7.97. The summed E-state index contributed by atoms with van der Waals surface area (Å²) in [6.45, 7) is 0. The fourth-order valence-electron chi connectivity index (χ4n) is 1.90. The van der Waals surface area contributed by atoms with Gasteiger partial charge in [-0.3, -0.25) is 5.32 Å². The van der Waals surface area contributed by atoms with E-state index in [1.54, 1.807) is 0 Å². The number of anilines is 2. The quantitative estimate of drug-likeness (QED) is 0.661. The first-order valence-corrected chi connectivity index (χ1v) is 8.23. The highest BCUT2D eigenvalue weighted by Crippen LogP contribution is 2.30. The zero-order valence-corrected chi connectivity index (χ0v) is 13.8. The monoisotopic (exact) mass is 373 g/mol. The molecule has 0 saturated carbocycles. The molecular weight excluding hydrogens is 362 g/mol. The van der Waals surface area contributed by atoms with E-state index in [0.717, 1.165) is 21.4 Å². The van der Waals surface area contributed by atoms with Crippen LogP contribution in [0.15, 0.2) is 64.5 Å². The summed E-state index contributed by atoms with van der Waals surface area (Å²) in [4.78, 5) is 16.4. The Labute approximate surface area is 140 Å². The molecule has 0 aliphatic carbocycles. The van der Waals surface area contributed by atoms with Gasteiger partial charge in [-0.05, 0) is 18.2 Å². The number of rotatable bonds is 3. The number of carbonyl (C=O) groups excluding carboxylic acids is 1. The van der Waals surface area contributed by atoms with Crippen LogP contribution in [0.2, 0.25) is 0 Å². The number of aromatic nitrogens is 1. The van der Waals surface area contributed by atoms with Crippen LogP contribution in [0.3, 0.4) is 0 Å². The third kappa shape index (κ3) is 3.52. The molecule has 1 aromatic heterocycles. The Morgan fingerprint density at radius 2 is 1.73 bits per heavy atom. The fourth-order valence-corrected chi connectivity index (χ4v) is 3.10. The molecule has 0 saturated heterocycles. The number of thiazole rings is 1. The molecule has 2 N–H and O–H groups in total. The van der Waals surface area contributed by atoms with E-state index in [4.69, 9.17) is 0 Å². The van der Waals surface area contributed by atoms with Gasteiger partial charge >= 0.3 is 6.03 Å². The summed E-state index contributed by atoms with van der Waals surface area (Å²) in [6, 6.07) is 16.8. The van der Waals surface area contributed by atoms with Crippen molar-refractivity contribution in [1.82, 2.24) is 4.98 Å². The van der Waals surface area contributed by atoms with Crippen LogP contribution in [0.25, 0.3) is 11.3 Å². The standard InChI is InChI=1S/C16H12BrN3OS/c17-13-9-5-4-8-12(13)14-10-22-16(19-14)20-15(21)18-11-6-2-1-3-7-11/h1-10H,(H2,18,19,20,21). The smallest absolute Gasteiger partial charge is 0.308 e. The average Bonchev–Trinajstić information content (AvgIpc) is 2.97. The Kier molecular flexibility index (Phi) is 4.50. The summed E-state index contributed by atoms with van der Waals surface area (Å²) in [5.41, 5.74) is 2.56. The number of hydrogen-bond acceptors (Lipinski definition) is 3. The van der Waals surface area contributed by atoms with Gasteiger partial charge in [-0.1, -0.05) is 52.3 Å².